The maximum Gasteiger partial charge on any atom is 0.407 e. The van der Waals surface area contributed by atoms with Crippen molar-refractivity contribution in [3.8, 4) is 0 Å². The number of non-ortho nitro benzene ring substituents is 1. The number of hydrogen-bond donors (Lipinski definition) is 1. The maximum atomic E-state index is 10.7. The number of amides is 1. The summed E-state index contributed by atoms with van der Waals surface area (Å²) in [6.07, 6.45) is -0.355. The SMILES string of the molecule is O=C(O)N1CCC(OCc2ccc([N+](=O)[O-])cc2)C1. The summed E-state index contributed by atoms with van der Waals surface area (Å²) < 4.78 is 5.59. The number of hydrogen-bond acceptors (Lipinski definition) is 4. The lowest BCUT2D eigenvalue weighted by Crippen LogP contribution is -2.28. The van der Waals surface area contributed by atoms with Gasteiger partial charge in [0.1, 0.15) is 0 Å². The van der Waals surface area contributed by atoms with Crippen LogP contribution in [0.2, 0.25) is 0 Å². The molecule has 1 heterocycles. The monoisotopic (exact) mass is 266 g/mol. The van der Waals surface area contributed by atoms with Crippen LogP contribution in [0.15, 0.2) is 24.3 Å². The van der Waals surface area contributed by atoms with Gasteiger partial charge in [-0.25, -0.2) is 4.79 Å². The van der Waals surface area contributed by atoms with Crippen LogP contribution in [0.25, 0.3) is 0 Å². The van der Waals surface area contributed by atoms with Gasteiger partial charge in [0.15, 0.2) is 0 Å². The molecular weight excluding hydrogens is 252 g/mol. The van der Waals surface area contributed by atoms with Gasteiger partial charge in [0.25, 0.3) is 5.69 Å². The fraction of sp³-hybridized carbons (Fsp3) is 0.417. The fourth-order valence-electron chi connectivity index (χ4n) is 1.97. The minimum Gasteiger partial charge on any atom is -0.465 e. The molecule has 1 aliphatic rings. The van der Waals surface area contributed by atoms with Gasteiger partial charge in [-0.1, -0.05) is 0 Å². The standard InChI is InChI=1S/C12H14N2O5/c15-12(16)13-6-5-11(7-13)19-8-9-1-3-10(4-2-9)14(17)18/h1-4,11H,5-8H2,(H,15,16). The van der Waals surface area contributed by atoms with Gasteiger partial charge >= 0.3 is 6.09 Å². The minimum absolute atomic E-state index is 0.0432. The summed E-state index contributed by atoms with van der Waals surface area (Å²) in [7, 11) is 0. The van der Waals surface area contributed by atoms with E-state index in [0.29, 0.717) is 26.1 Å². The van der Waals surface area contributed by atoms with Crippen molar-refractivity contribution >= 4 is 11.8 Å². The molecule has 0 saturated carbocycles. The van der Waals surface area contributed by atoms with E-state index in [1.165, 1.54) is 17.0 Å². The first-order valence-corrected chi connectivity index (χ1v) is 5.89. The smallest absolute Gasteiger partial charge is 0.407 e. The van der Waals surface area contributed by atoms with E-state index in [2.05, 4.69) is 0 Å². The number of carbonyl (C=O) groups is 1. The minimum atomic E-state index is -0.929. The second kappa shape index (κ2) is 5.66. The number of ether oxygens (including phenoxy) is 1. The van der Waals surface area contributed by atoms with Crippen LogP contribution in [-0.2, 0) is 11.3 Å². The van der Waals surface area contributed by atoms with Crippen LogP contribution >= 0.6 is 0 Å². The summed E-state index contributed by atoms with van der Waals surface area (Å²) >= 11 is 0. The zero-order valence-corrected chi connectivity index (χ0v) is 10.2. The van der Waals surface area contributed by atoms with Crippen LogP contribution in [0.5, 0.6) is 0 Å². The van der Waals surface area contributed by atoms with Crippen molar-refractivity contribution in [2.75, 3.05) is 13.1 Å². The van der Waals surface area contributed by atoms with E-state index in [0.717, 1.165) is 5.56 Å². The lowest BCUT2D eigenvalue weighted by atomic mass is 10.2. The molecule has 102 valence electrons. The molecule has 7 nitrogen and oxygen atoms in total. The Balaban J connectivity index is 1.83. The molecule has 1 saturated heterocycles. The average Bonchev–Trinajstić information content (AvgIpc) is 2.86. The van der Waals surface area contributed by atoms with Crippen LogP contribution in [0.4, 0.5) is 10.5 Å². The van der Waals surface area contributed by atoms with Gasteiger partial charge in [0.2, 0.25) is 0 Å². The molecule has 1 N–H and O–H groups in total. The highest BCUT2D eigenvalue weighted by Gasteiger charge is 2.26. The first kappa shape index (κ1) is 13.3. The molecule has 0 aromatic heterocycles. The molecule has 2 rings (SSSR count). The highest BCUT2D eigenvalue weighted by Crippen LogP contribution is 2.16. The van der Waals surface area contributed by atoms with Gasteiger partial charge in [-0.15, -0.1) is 0 Å². The predicted octanol–water partition coefficient (Wildman–Crippen LogP) is 1.86. The molecule has 1 aromatic carbocycles. The number of benzene rings is 1. The van der Waals surface area contributed by atoms with E-state index in [1.54, 1.807) is 12.1 Å². The Morgan fingerprint density at radius 2 is 2.16 bits per heavy atom. The van der Waals surface area contributed by atoms with Crippen molar-refractivity contribution in [2.24, 2.45) is 0 Å². The van der Waals surface area contributed by atoms with Crippen molar-refractivity contribution in [3.05, 3.63) is 39.9 Å². The summed E-state index contributed by atoms with van der Waals surface area (Å²) in [6, 6.07) is 6.14. The van der Waals surface area contributed by atoms with Crippen molar-refractivity contribution in [1.29, 1.82) is 0 Å². The maximum absolute atomic E-state index is 10.7. The van der Waals surface area contributed by atoms with Gasteiger partial charge < -0.3 is 14.7 Å². The molecule has 1 fully saturated rings. The van der Waals surface area contributed by atoms with E-state index in [4.69, 9.17) is 9.84 Å². The highest BCUT2D eigenvalue weighted by molar-refractivity contribution is 5.65. The Morgan fingerprint density at radius 3 is 2.68 bits per heavy atom. The van der Waals surface area contributed by atoms with Gasteiger partial charge in [-0.2, -0.15) is 0 Å². The molecule has 0 aliphatic carbocycles. The second-order valence-corrected chi connectivity index (χ2v) is 4.37. The van der Waals surface area contributed by atoms with Crippen LogP contribution in [0, 0.1) is 10.1 Å². The number of nitro benzene ring substituents is 1. The number of carboxylic acid groups (broad SMARTS) is 1. The third-order valence-electron chi connectivity index (χ3n) is 3.05. The number of rotatable bonds is 4. The molecule has 7 heteroatoms. The lowest BCUT2D eigenvalue weighted by Gasteiger charge is -2.13. The molecule has 0 spiro atoms. The molecular formula is C12H14N2O5. The number of nitro groups is 1. The van der Waals surface area contributed by atoms with E-state index in [-0.39, 0.29) is 11.8 Å². The predicted molar refractivity (Wildman–Crippen MR) is 65.9 cm³/mol. The van der Waals surface area contributed by atoms with Gasteiger partial charge in [0, 0.05) is 18.7 Å². The van der Waals surface area contributed by atoms with Gasteiger partial charge in [-0.05, 0) is 24.1 Å². The summed E-state index contributed by atoms with van der Waals surface area (Å²) in [6.45, 7) is 1.19. The molecule has 1 atom stereocenters. The lowest BCUT2D eigenvalue weighted by molar-refractivity contribution is -0.384. The Kier molecular flexibility index (Phi) is 3.96. The largest absolute Gasteiger partial charge is 0.465 e. The molecule has 19 heavy (non-hydrogen) atoms. The average molecular weight is 266 g/mol. The van der Waals surface area contributed by atoms with E-state index in [1.807, 2.05) is 0 Å². The molecule has 1 amide bonds. The first-order chi connectivity index (χ1) is 9.06. The van der Waals surface area contributed by atoms with Crippen LogP contribution in [-0.4, -0.2) is 40.2 Å². The highest BCUT2D eigenvalue weighted by atomic mass is 16.6. The Hall–Kier alpha value is -2.15. The first-order valence-electron chi connectivity index (χ1n) is 5.89. The Labute approximate surface area is 109 Å². The van der Waals surface area contributed by atoms with Crippen LogP contribution in [0.3, 0.4) is 0 Å². The van der Waals surface area contributed by atoms with E-state index >= 15 is 0 Å². The second-order valence-electron chi connectivity index (χ2n) is 4.37. The van der Waals surface area contributed by atoms with Crippen molar-refractivity contribution in [3.63, 3.8) is 0 Å². The Morgan fingerprint density at radius 1 is 1.47 bits per heavy atom. The molecule has 1 aromatic rings. The zero-order valence-electron chi connectivity index (χ0n) is 10.2. The fourth-order valence-corrected chi connectivity index (χ4v) is 1.97. The van der Waals surface area contributed by atoms with Crippen molar-refractivity contribution < 1.29 is 19.6 Å². The topological polar surface area (TPSA) is 92.9 Å². The van der Waals surface area contributed by atoms with E-state index < -0.39 is 11.0 Å². The van der Waals surface area contributed by atoms with Gasteiger partial charge in [0.05, 0.1) is 24.2 Å². The number of likely N-dealkylation sites (tertiary alicyclic amines) is 1. The molecule has 1 unspecified atom stereocenters. The third-order valence-corrected chi connectivity index (χ3v) is 3.05. The zero-order chi connectivity index (χ0) is 13.8. The molecule has 1 aliphatic heterocycles. The quantitative estimate of drug-likeness (QED) is 0.663. The van der Waals surface area contributed by atoms with Gasteiger partial charge in [-0.3, -0.25) is 10.1 Å². The van der Waals surface area contributed by atoms with Crippen LogP contribution < -0.4 is 0 Å². The molecule has 0 radical (unpaired) electrons. The summed E-state index contributed by atoms with van der Waals surface area (Å²) in [5, 5.41) is 19.3. The third kappa shape index (κ3) is 3.41. The normalized spacial score (nSPS) is 18.5. The van der Waals surface area contributed by atoms with Crippen molar-refractivity contribution in [1.82, 2.24) is 4.90 Å². The van der Waals surface area contributed by atoms with Crippen molar-refractivity contribution in [2.45, 2.75) is 19.1 Å². The Bertz CT molecular complexity index is 474. The summed E-state index contributed by atoms with van der Waals surface area (Å²) in [5.74, 6) is 0. The van der Waals surface area contributed by atoms with E-state index in [9.17, 15) is 14.9 Å². The summed E-state index contributed by atoms with van der Waals surface area (Å²) in [4.78, 5) is 22.1. The van der Waals surface area contributed by atoms with Crippen LogP contribution in [0.1, 0.15) is 12.0 Å². The number of nitrogens with zero attached hydrogens (tertiary/aromatic N) is 2. The summed E-state index contributed by atoms with van der Waals surface area (Å²) in [5.41, 5.74) is 0.876. The molecule has 0 bridgehead atoms.